The van der Waals surface area contributed by atoms with Crippen LogP contribution in [0.15, 0.2) is 48.5 Å². The summed E-state index contributed by atoms with van der Waals surface area (Å²) < 4.78 is 11.8. The number of para-hydroxylation sites is 2. The summed E-state index contributed by atoms with van der Waals surface area (Å²) in [5.41, 5.74) is 0.510. The van der Waals surface area contributed by atoms with E-state index in [0.717, 1.165) is 36.3 Å². The van der Waals surface area contributed by atoms with Gasteiger partial charge in [0, 0.05) is 43.1 Å². The first-order chi connectivity index (χ1) is 19.0. The Hall–Kier alpha value is -3.08. The zero-order valence-corrected chi connectivity index (χ0v) is 23.1. The van der Waals surface area contributed by atoms with Crippen LogP contribution >= 0.6 is 0 Å². The molecule has 0 aromatic heterocycles. The van der Waals surface area contributed by atoms with E-state index in [9.17, 15) is 15.2 Å². The van der Waals surface area contributed by atoms with Crippen molar-refractivity contribution in [3.05, 3.63) is 59.7 Å². The van der Waals surface area contributed by atoms with Crippen LogP contribution in [-0.2, 0) is 16.8 Å². The van der Waals surface area contributed by atoms with Crippen molar-refractivity contribution < 1.29 is 19.4 Å². The molecule has 0 spiro atoms. The van der Waals surface area contributed by atoms with Crippen molar-refractivity contribution in [2.45, 2.75) is 50.5 Å². The molecule has 4 atom stereocenters. The zero-order chi connectivity index (χ0) is 27.2. The Balaban J connectivity index is 1.27. The van der Waals surface area contributed by atoms with E-state index in [0.29, 0.717) is 38.3 Å². The van der Waals surface area contributed by atoms with E-state index in [1.165, 1.54) is 25.9 Å². The second kappa shape index (κ2) is 12.4. The molecule has 1 N–H and O–H groups in total. The molecular formula is C32H41N3O4. The topological polar surface area (TPSA) is 86.0 Å². The molecule has 1 amide bonds. The molecule has 5 rings (SSSR count). The summed E-state index contributed by atoms with van der Waals surface area (Å²) in [6.45, 7) is 5.16. The molecule has 7 nitrogen and oxygen atoms in total. The number of hydrogen-bond donors (Lipinski definition) is 1. The predicted octanol–water partition coefficient (Wildman–Crippen LogP) is 4.39. The van der Waals surface area contributed by atoms with E-state index in [1.54, 1.807) is 7.11 Å². The summed E-state index contributed by atoms with van der Waals surface area (Å²) in [6.07, 6.45) is 5.57. The summed E-state index contributed by atoms with van der Waals surface area (Å²) in [6, 6.07) is 17.8. The Morgan fingerprint density at radius 2 is 1.85 bits per heavy atom. The van der Waals surface area contributed by atoms with Gasteiger partial charge in [0.2, 0.25) is 5.91 Å². The first kappa shape index (κ1) is 27.5. The molecule has 3 fully saturated rings. The van der Waals surface area contributed by atoms with Crippen LogP contribution in [0.4, 0.5) is 0 Å². The summed E-state index contributed by atoms with van der Waals surface area (Å²) in [5.74, 6) is 1.59. The lowest BCUT2D eigenvalue weighted by atomic mass is 9.63. The first-order valence-corrected chi connectivity index (χ1v) is 14.5. The molecule has 7 heteroatoms. The first-order valence-electron chi connectivity index (χ1n) is 14.5. The number of aliphatic hydroxyl groups is 1. The summed E-state index contributed by atoms with van der Waals surface area (Å²) in [4.78, 5) is 18.0. The van der Waals surface area contributed by atoms with E-state index in [1.807, 2.05) is 53.4 Å². The number of rotatable bonds is 10. The van der Waals surface area contributed by atoms with Crippen molar-refractivity contribution in [1.82, 2.24) is 9.80 Å². The molecule has 2 saturated heterocycles. The van der Waals surface area contributed by atoms with Crippen molar-refractivity contribution >= 4 is 5.91 Å². The molecule has 2 heterocycles. The second-order valence-electron chi connectivity index (χ2n) is 11.5. The van der Waals surface area contributed by atoms with Crippen LogP contribution in [0.3, 0.4) is 0 Å². The van der Waals surface area contributed by atoms with Gasteiger partial charge in [-0.3, -0.25) is 4.79 Å². The maximum atomic E-state index is 13.6. The van der Waals surface area contributed by atoms with E-state index in [2.05, 4.69) is 11.0 Å². The molecule has 3 aliphatic rings. The molecule has 39 heavy (non-hydrogen) atoms. The van der Waals surface area contributed by atoms with Gasteiger partial charge < -0.3 is 24.4 Å². The van der Waals surface area contributed by atoms with Gasteiger partial charge in [-0.2, -0.15) is 5.26 Å². The molecule has 0 unspecified atom stereocenters. The van der Waals surface area contributed by atoms with Crippen molar-refractivity contribution in [2.75, 3.05) is 46.4 Å². The third-order valence-electron chi connectivity index (χ3n) is 8.99. The second-order valence-corrected chi connectivity index (χ2v) is 11.5. The molecule has 208 valence electrons. The third-order valence-corrected chi connectivity index (χ3v) is 8.99. The van der Waals surface area contributed by atoms with Gasteiger partial charge in [-0.15, -0.1) is 0 Å². The molecule has 1 aliphatic carbocycles. The SMILES string of the molecule is COc1ccccc1[C@]1(O)C[C@H](CC#N)C[C@H]2CN(C(=O)Cc3ccccc3OCCCN3CCCC3)C[C@H]21. The van der Waals surface area contributed by atoms with Crippen LogP contribution in [-0.4, -0.2) is 67.3 Å². The number of likely N-dealkylation sites (tertiary alicyclic amines) is 2. The van der Waals surface area contributed by atoms with Crippen LogP contribution in [0.25, 0.3) is 0 Å². The summed E-state index contributed by atoms with van der Waals surface area (Å²) in [5, 5.41) is 21.6. The highest BCUT2D eigenvalue weighted by atomic mass is 16.5. The smallest absolute Gasteiger partial charge is 0.227 e. The Morgan fingerprint density at radius 3 is 2.62 bits per heavy atom. The lowest BCUT2D eigenvalue weighted by Gasteiger charge is -2.45. The molecule has 2 aliphatic heterocycles. The summed E-state index contributed by atoms with van der Waals surface area (Å²) >= 11 is 0. The number of carbonyl (C=O) groups excluding carboxylic acids is 1. The predicted molar refractivity (Wildman–Crippen MR) is 149 cm³/mol. The van der Waals surface area contributed by atoms with E-state index in [-0.39, 0.29) is 30.1 Å². The number of benzene rings is 2. The maximum absolute atomic E-state index is 13.6. The monoisotopic (exact) mass is 531 g/mol. The number of amides is 1. The minimum Gasteiger partial charge on any atom is -0.496 e. The molecule has 2 aromatic rings. The average Bonchev–Trinajstić information content (AvgIpc) is 3.63. The van der Waals surface area contributed by atoms with E-state index >= 15 is 0 Å². The minimum absolute atomic E-state index is 0.0525. The Bertz CT molecular complexity index is 1170. The molecule has 0 bridgehead atoms. The molecule has 0 radical (unpaired) electrons. The average molecular weight is 532 g/mol. The van der Waals surface area contributed by atoms with Gasteiger partial charge in [-0.25, -0.2) is 0 Å². The van der Waals surface area contributed by atoms with Crippen LogP contribution in [0, 0.1) is 29.1 Å². The lowest BCUT2D eigenvalue weighted by molar-refractivity contribution is -0.130. The quantitative estimate of drug-likeness (QED) is 0.458. The molecular weight excluding hydrogens is 490 g/mol. The third kappa shape index (κ3) is 6.08. The van der Waals surface area contributed by atoms with Gasteiger partial charge in [0.25, 0.3) is 0 Å². The largest absolute Gasteiger partial charge is 0.496 e. The van der Waals surface area contributed by atoms with Gasteiger partial charge in [0.15, 0.2) is 0 Å². The van der Waals surface area contributed by atoms with Crippen LogP contribution in [0.5, 0.6) is 11.5 Å². The van der Waals surface area contributed by atoms with Gasteiger partial charge in [-0.1, -0.05) is 36.4 Å². The van der Waals surface area contributed by atoms with Crippen molar-refractivity contribution in [3.8, 4) is 17.6 Å². The number of nitriles is 1. The summed E-state index contributed by atoms with van der Waals surface area (Å²) in [7, 11) is 1.62. The van der Waals surface area contributed by atoms with Gasteiger partial charge in [-0.05, 0) is 69.2 Å². The van der Waals surface area contributed by atoms with Gasteiger partial charge in [0.05, 0.1) is 31.8 Å². The fourth-order valence-corrected chi connectivity index (χ4v) is 7.10. The van der Waals surface area contributed by atoms with E-state index in [4.69, 9.17) is 9.47 Å². The molecule has 1 saturated carbocycles. The zero-order valence-electron chi connectivity index (χ0n) is 23.1. The van der Waals surface area contributed by atoms with Crippen molar-refractivity contribution in [3.63, 3.8) is 0 Å². The number of fused-ring (bicyclic) bond motifs is 1. The number of nitrogens with zero attached hydrogens (tertiary/aromatic N) is 3. The number of methoxy groups -OCH3 is 1. The fourth-order valence-electron chi connectivity index (χ4n) is 7.10. The van der Waals surface area contributed by atoms with Gasteiger partial charge >= 0.3 is 0 Å². The van der Waals surface area contributed by atoms with Crippen LogP contribution in [0.2, 0.25) is 0 Å². The Kier molecular flexibility index (Phi) is 8.74. The number of carbonyl (C=O) groups is 1. The Labute approximate surface area is 232 Å². The van der Waals surface area contributed by atoms with Crippen LogP contribution < -0.4 is 9.47 Å². The number of hydrogen-bond acceptors (Lipinski definition) is 6. The normalized spacial score (nSPS) is 26.7. The molecule has 2 aromatic carbocycles. The highest BCUT2D eigenvalue weighted by molar-refractivity contribution is 5.80. The highest BCUT2D eigenvalue weighted by Gasteiger charge is 2.54. The van der Waals surface area contributed by atoms with Crippen molar-refractivity contribution in [2.24, 2.45) is 17.8 Å². The van der Waals surface area contributed by atoms with Crippen molar-refractivity contribution in [1.29, 1.82) is 5.26 Å². The maximum Gasteiger partial charge on any atom is 0.227 e. The Morgan fingerprint density at radius 1 is 1.10 bits per heavy atom. The highest BCUT2D eigenvalue weighted by Crippen LogP contribution is 2.52. The minimum atomic E-state index is -1.15. The van der Waals surface area contributed by atoms with Crippen LogP contribution in [0.1, 0.15) is 49.7 Å². The standard InChI is InChI=1S/C32H41N3O4/c1-38-30-12-5-3-10-27(30)32(37)21-24(13-14-33)19-26-22-35(23-28(26)32)31(36)20-25-9-2-4-11-29(25)39-18-8-17-34-15-6-7-16-34/h2-5,9-12,24,26,28,37H,6-8,13,15-23H2,1H3/t24-,26+,28-,32-/m1/s1. The fraction of sp³-hybridized carbons (Fsp3) is 0.562. The lowest BCUT2D eigenvalue weighted by Crippen LogP contribution is -2.46. The number of ether oxygens (including phenoxy) is 2. The van der Waals surface area contributed by atoms with Gasteiger partial charge in [0.1, 0.15) is 11.5 Å². The van der Waals surface area contributed by atoms with E-state index < -0.39 is 5.60 Å².